The summed E-state index contributed by atoms with van der Waals surface area (Å²) in [5, 5.41) is 4.94. The van der Waals surface area contributed by atoms with Crippen LogP contribution >= 0.6 is 0 Å². The summed E-state index contributed by atoms with van der Waals surface area (Å²) in [6.07, 6.45) is 1.20. The molecule has 8 nitrogen and oxygen atoms in total. The van der Waals surface area contributed by atoms with E-state index < -0.39 is 20.0 Å². The molecule has 4 N–H and O–H groups in total. The monoisotopic (exact) mass is 330 g/mol. The molecule has 0 aliphatic rings. The molecule has 0 bridgehead atoms. The lowest BCUT2D eigenvalue weighted by atomic mass is 10.2. The zero-order valence-corrected chi connectivity index (χ0v) is 12.9. The van der Waals surface area contributed by atoms with Crippen molar-refractivity contribution >= 4 is 25.7 Å². The van der Waals surface area contributed by atoms with Gasteiger partial charge in [-0.05, 0) is 37.6 Å². The number of H-pyrrole nitrogens is 1. The van der Waals surface area contributed by atoms with Gasteiger partial charge in [0.2, 0.25) is 10.0 Å². The summed E-state index contributed by atoms with van der Waals surface area (Å²) in [5.41, 5.74) is 0.691. The Kier molecular flexibility index (Phi) is 3.78. The van der Waals surface area contributed by atoms with Crippen LogP contribution < -0.4 is 9.86 Å². The van der Waals surface area contributed by atoms with Crippen LogP contribution in [0.1, 0.15) is 11.4 Å². The first-order valence-electron chi connectivity index (χ1n) is 5.77. The Bertz CT molecular complexity index is 885. The normalized spacial score (nSPS) is 12.3. The molecule has 1 aromatic carbocycles. The van der Waals surface area contributed by atoms with Crippen molar-refractivity contribution in [1.82, 2.24) is 9.97 Å². The van der Waals surface area contributed by atoms with Crippen LogP contribution in [0.5, 0.6) is 0 Å². The standard InChI is InChI=1S/C11H14N4O4S2/c1-7-5-9(20(12,16)17)3-4-10(7)15-21(18,19)11-6-13-8(2)14-11/h3-6,15H,1-2H3,(H,13,14)(H2,12,16,17). The summed E-state index contributed by atoms with van der Waals surface area (Å²) in [6.45, 7) is 3.20. The van der Waals surface area contributed by atoms with E-state index >= 15 is 0 Å². The number of hydrogen-bond acceptors (Lipinski definition) is 5. The van der Waals surface area contributed by atoms with Gasteiger partial charge in [0.1, 0.15) is 5.82 Å². The molecule has 0 saturated carbocycles. The molecule has 0 spiro atoms. The molecule has 0 aliphatic heterocycles. The predicted molar refractivity (Wildman–Crippen MR) is 76.7 cm³/mol. The van der Waals surface area contributed by atoms with Crippen molar-refractivity contribution in [2.75, 3.05) is 4.72 Å². The molecule has 114 valence electrons. The van der Waals surface area contributed by atoms with Gasteiger partial charge in [-0.15, -0.1) is 0 Å². The minimum absolute atomic E-state index is 0.0741. The number of sulfonamides is 2. The first-order valence-corrected chi connectivity index (χ1v) is 8.80. The molecular weight excluding hydrogens is 316 g/mol. The molecular formula is C11H14N4O4S2. The van der Waals surface area contributed by atoms with Gasteiger partial charge in [-0.25, -0.2) is 18.5 Å². The van der Waals surface area contributed by atoms with Gasteiger partial charge in [-0.1, -0.05) is 0 Å². The average molecular weight is 330 g/mol. The van der Waals surface area contributed by atoms with E-state index in [9.17, 15) is 16.8 Å². The van der Waals surface area contributed by atoms with Crippen LogP contribution in [0.3, 0.4) is 0 Å². The second kappa shape index (κ2) is 5.13. The smallest absolute Gasteiger partial charge is 0.278 e. The maximum absolute atomic E-state index is 12.1. The molecule has 0 unspecified atom stereocenters. The van der Waals surface area contributed by atoms with Crippen molar-refractivity contribution in [3.63, 3.8) is 0 Å². The van der Waals surface area contributed by atoms with Crippen LogP contribution in [-0.2, 0) is 20.0 Å². The van der Waals surface area contributed by atoms with E-state index in [-0.39, 0.29) is 15.6 Å². The summed E-state index contributed by atoms with van der Waals surface area (Å²) in [5.74, 6) is 0.469. The van der Waals surface area contributed by atoms with Crippen LogP contribution in [0.25, 0.3) is 0 Å². The third-order valence-corrected chi connectivity index (χ3v) is 4.93. The zero-order valence-electron chi connectivity index (χ0n) is 11.3. The maximum Gasteiger partial charge on any atom is 0.278 e. The van der Waals surface area contributed by atoms with Crippen LogP contribution in [0.4, 0.5) is 5.69 Å². The van der Waals surface area contributed by atoms with Gasteiger partial charge in [-0.3, -0.25) is 4.72 Å². The lowest BCUT2D eigenvalue weighted by Gasteiger charge is -2.10. The van der Waals surface area contributed by atoms with Gasteiger partial charge < -0.3 is 4.98 Å². The van der Waals surface area contributed by atoms with E-state index in [2.05, 4.69) is 14.7 Å². The number of nitrogens with two attached hydrogens (primary N) is 1. The van der Waals surface area contributed by atoms with Gasteiger partial charge in [0.05, 0.1) is 16.8 Å². The highest BCUT2D eigenvalue weighted by atomic mass is 32.2. The number of primary sulfonamides is 1. The van der Waals surface area contributed by atoms with E-state index in [0.29, 0.717) is 11.4 Å². The maximum atomic E-state index is 12.1. The molecule has 0 aliphatic carbocycles. The highest BCUT2D eigenvalue weighted by Crippen LogP contribution is 2.21. The second-order valence-corrected chi connectivity index (χ2v) is 7.67. The third kappa shape index (κ3) is 3.40. The summed E-state index contributed by atoms with van der Waals surface area (Å²) in [4.78, 5) is 6.35. The van der Waals surface area contributed by atoms with Gasteiger partial charge in [0, 0.05) is 0 Å². The number of aromatic nitrogens is 2. The fourth-order valence-corrected chi connectivity index (χ4v) is 3.36. The van der Waals surface area contributed by atoms with Crippen LogP contribution in [0.15, 0.2) is 34.3 Å². The Hall–Kier alpha value is -1.91. The minimum Gasteiger partial charge on any atom is -0.332 e. The number of hydrogen-bond donors (Lipinski definition) is 3. The number of anilines is 1. The lowest BCUT2D eigenvalue weighted by molar-refractivity contribution is 0.596. The molecule has 0 radical (unpaired) electrons. The summed E-state index contributed by atoms with van der Waals surface area (Å²) in [6, 6.07) is 3.87. The van der Waals surface area contributed by atoms with Gasteiger partial charge in [0.15, 0.2) is 5.03 Å². The Morgan fingerprint density at radius 2 is 1.86 bits per heavy atom. The number of aryl methyl sites for hydroxylation is 2. The number of nitrogens with one attached hydrogen (secondary N) is 2. The number of rotatable bonds is 4. The number of benzene rings is 1. The highest BCUT2D eigenvalue weighted by Gasteiger charge is 2.18. The average Bonchev–Trinajstić information content (AvgIpc) is 2.78. The van der Waals surface area contributed by atoms with Crippen LogP contribution in [-0.4, -0.2) is 26.8 Å². The van der Waals surface area contributed by atoms with Gasteiger partial charge in [0.25, 0.3) is 10.0 Å². The van der Waals surface area contributed by atoms with E-state index in [1.807, 2.05) is 0 Å². The largest absolute Gasteiger partial charge is 0.332 e. The molecule has 2 rings (SSSR count). The van der Waals surface area contributed by atoms with Gasteiger partial charge in [-0.2, -0.15) is 8.42 Å². The third-order valence-electron chi connectivity index (χ3n) is 2.74. The molecule has 0 atom stereocenters. The van der Waals surface area contributed by atoms with E-state index in [1.165, 1.54) is 24.4 Å². The minimum atomic E-state index is -3.83. The molecule has 10 heteroatoms. The van der Waals surface area contributed by atoms with E-state index in [0.717, 1.165) is 0 Å². The number of aromatic amines is 1. The van der Waals surface area contributed by atoms with Gasteiger partial charge >= 0.3 is 0 Å². The summed E-state index contributed by atoms with van der Waals surface area (Å²) < 4.78 is 49.1. The second-order valence-electron chi connectivity index (χ2n) is 4.46. The first kappa shape index (κ1) is 15.5. The Morgan fingerprint density at radius 1 is 1.19 bits per heavy atom. The highest BCUT2D eigenvalue weighted by molar-refractivity contribution is 7.92. The quantitative estimate of drug-likeness (QED) is 0.749. The Labute approximate surface area is 122 Å². The Balaban J connectivity index is 2.36. The van der Waals surface area contributed by atoms with Crippen molar-refractivity contribution in [3.8, 4) is 0 Å². The fourth-order valence-electron chi connectivity index (χ4n) is 1.66. The Morgan fingerprint density at radius 3 is 2.33 bits per heavy atom. The summed E-state index contributed by atoms with van der Waals surface area (Å²) >= 11 is 0. The van der Waals surface area contributed by atoms with Crippen molar-refractivity contribution in [2.45, 2.75) is 23.8 Å². The predicted octanol–water partition coefficient (Wildman–Crippen LogP) is 0.475. The summed E-state index contributed by atoms with van der Waals surface area (Å²) in [7, 11) is -7.64. The SMILES string of the molecule is Cc1ncc(S(=O)(=O)Nc2ccc(S(N)(=O)=O)cc2C)[nH]1. The van der Waals surface area contributed by atoms with Crippen LogP contribution in [0.2, 0.25) is 0 Å². The molecule has 0 amide bonds. The number of nitrogens with zero attached hydrogens (tertiary/aromatic N) is 1. The van der Waals surface area contributed by atoms with E-state index in [1.54, 1.807) is 13.8 Å². The van der Waals surface area contributed by atoms with Crippen LogP contribution in [0, 0.1) is 13.8 Å². The first-order chi connectivity index (χ1) is 9.59. The molecule has 2 aromatic rings. The molecule has 0 fully saturated rings. The lowest BCUT2D eigenvalue weighted by Crippen LogP contribution is -2.15. The molecule has 1 heterocycles. The molecule has 0 saturated heterocycles. The molecule has 21 heavy (non-hydrogen) atoms. The van der Waals surface area contributed by atoms with Crippen molar-refractivity contribution in [3.05, 3.63) is 35.8 Å². The fraction of sp³-hybridized carbons (Fsp3) is 0.182. The molecule has 1 aromatic heterocycles. The number of imidazole rings is 1. The topological polar surface area (TPSA) is 135 Å². The van der Waals surface area contributed by atoms with E-state index in [4.69, 9.17) is 5.14 Å². The van der Waals surface area contributed by atoms with Crippen molar-refractivity contribution < 1.29 is 16.8 Å². The van der Waals surface area contributed by atoms with Crippen molar-refractivity contribution in [1.29, 1.82) is 0 Å². The van der Waals surface area contributed by atoms with Crippen molar-refractivity contribution in [2.24, 2.45) is 5.14 Å². The zero-order chi connectivity index (χ0) is 15.8.